The van der Waals surface area contributed by atoms with E-state index in [1.165, 1.54) is 18.2 Å². The first kappa shape index (κ1) is 27.6. The largest absolute Gasteiger partial charge is 0.480 e. The number of hydrogen-bond acceptors (Lipinski definition) is 6. The first-order valence-corrected chi connectivity index (χ1v) is 14.0. The summed E-state index contributed by atoms with van der Waals surface area (Å²) in [6.07, 6.45) is -2.31. The van der Waals surface area contributed by atoms with E-state index < -0.39 is 39.7 Å². The van der Waals surface area contributed by atoms with Gasteiger partial charge in [-0.1, -0.05) is 12.1 Å². The van der Waals surface area contributed by atoms with E-state index in [0.29, 0.717) is 29.3 Å². The summed E-state index contributed by atoms with van der Waals surface area (Å²) in [5.74, 6) is -4.00. The van der Waals surface area contributed by atoms with Gasteiger partial charge in [0.15, 0.2) is 5.75 Å². The number of nitrogens with one attached hydrogen (secondary N) is 2. The number of carboxylic acids is 1. The van der Waals surface area contributed by atoms with Crippen molar-refractivity contribution in [3.05, 3.63) is 59.5 Å². The van der Waals surface area contributed by atoms with E-state index in [1.807, 2.05) is 0 Å². The van der Waals surface area contributed by atoms with E-state index in [1.54, 1.807) is 24.4 Å². The number of alkyl halides is 3. The van der Waals surface area contributed by atoms with E-state index in [9.17, 15) is 31.2 Å². The Morgan fingerprint density at radius 1 is 1.15 bits per heavy atom. The number of aliphatic carboxylic acids is 1. The number of fused-ring (bicyclic) bond motifs is 2. The molecular formula is C25H25F3N6O5S. The van der Waals surface area contributed by atoms with Gasteiger partial charge in [-0.05, 0) is 48.6 Å². The minimum Gasteiger partial charge on any atom is -0.480 e. The standard InChI is InChI=1S/C25H25F3N6O5S/c26-25(27,28)24-31-20-10-16(4-5-21(20)34(24)13-17-2-1-3-19-18(17)12-30-32-19)23(37)29-11-15-6-8-33(9-7-15)40(38,39)14-22(35)36/h1-5,10,12,15H,6-9,11,13-14H2,(H,29,37)(H,30,32)(H,35,36). The summed E-state index contributed by atoms with van der Waals surface area (Å²) < 4.78 is 68.2. The van der Waals surface area contributed by atoms with Crippen molar-refractivity contribution in [2.75, 3.05) is 25.4 Å². The Bertz CT molecular complexity index is 1690. The van der Waals surface area contributed by atoms with Crippen LogP contribution in [-0.4, -0.2) is 74.8 Å². The summed E-state index contributed by atoms with van der Waals surface area (Å²) in [6, 6.07) is 9.42. The average Bonchev–Trinajstić information content (AvgIpc) is 3.52. The predicted octanol–water partition coefficient (Wildman–Crippen LogP) is 2.84. The van der Waals surface area contributed by atoms with Gasteiger partial charge in [0.2, 0.25) is 15.8 Å². The fourth-order valence-electron chi connectivity index (χ4n) is 4.96. The van der Waals surface area contributed by atoms with Gasteiger partial charge in [-0.25, -0.2) is 17.7 Å². The number of halogens is 3. The lowest BCUT2D eigenvalue weighted by molar-refractivity contribution is -0.146. The van der Waals surface area contributed by atoms with Crippen LogP contribution in [0, 0.1) is 5.92 Å². The minimum atomic E-state index is -4.72. The SMILES string of the molecule is O=C(O)CS(=O)(=O)N1CCC(CNC(=O)c2ccc3c(c2)nc(C(F)(F)F)n3Cc2cccc3[nH]ncc23)CC1. The Morgan fingerprint density at radius 3 is 2.60 bits per heavy atom. The second-order valence-electron chi connectivity index (χ2n) is 9.67. The molecule has 1 aliphatic heterocycles. The van der Waals surface area contributed by atoms with Crippen LogP contribution in [0.2, 0.25) is 0 Å². The molecule has 212 valence electrons. The van der Waals surface area contributed by atoms with Gasteiger partial charge >= 0.3 is 12.1 Å². The van der Waals surface area contributed by atoms with Crippen molar-refractivity contribution in [3.8, 4) is 0 Å². The smallest absolute Gasteiger partial charge is 0.449 e. The second-order valence-corrected chi connectivity index (χ2v) is 11.6. The molecule has 1 amide bonds. The summed E-state index contributed by atoms with van der Waals surface area (Å²) in [4.78, 5) is 27.4. The molecule has 1 saturated heterocycles. The van der Waals surface area contributed by atoms with Gasteiger partial charge in [-0.3, -0.25) is 14.7 Å². The zero-order valence-corrected chi connectivity index (χ0v) is 21.8. The maximum Gasteiger partial charge on any atom is 0.449 e. The fourth-order valence-corrected chi connectivity index (χ4v) is 6.22. The quantitative estimate of drug-likeness (QED) is 0.291. The maximum absolute atomic E-state index is 13.9. The number of piperidine rings is 1. The van der Waals surface area contributed by atoms with E-state index in [-0.39, 0.29) is 48.7 Å². The molecule has 0 bridgehead atoms. The number of benzene rings is 2. The third-order valence-electron chi connectivity index (χ3n) is 6.99. The number of H-pyrrole nitrogens is 1. The number of aromatic nitrogens is 4. The Hall–Kier alpha value is -3.98. The van der Waals surface area contributed by atoms with Crippen LogP contribution in [0.3, 0.4) is 0 Å². The van der Waals surface area contributed by atoms with Crippen LogP contribution in [0.25, 0.3) is 21.9 Å². The molecule has 1 fully saturated rings. The van der Waals surface area contributed by atoms with Crippen molar-refractivity contribution < 1.29 is 36.3 Å². The number of sulfonamides is 1. The molecule has 0 saturated carbocycles. The van der Waals surface area contributed by atoms with Gasteiger partial charge in [-0.2, -0.15) is 18.3 Å². The topological polar surface area (TPSA) is 150 Å². The molecule has 0 aliphatic carbocycles. The number of hydrogen-bond donors (Lipinski definition) is 3. The number of carboxylic acid groups (broad SMARTS) is 1. The molecule has 0 unspecified atom stereocenters. The number of aromatic amines is 1. The monoisotopic (exact) mass is 578 g/mol. The molecule has 3 heterocycles. The maximum atomic E-state index is 13.9. The lowest BCUT2D eigenvalue weighted by Gasteiger charge is -2.30. The molecule has 5 rings (SSSR count). The number of carbonyl (C=O) groups excluding carboxylic acids is 1. The van der Waals surface area contributed by atoms with Crippen molar-refractivity contribution in [2.45, 2.75) is 25.6 Å². The van der Waals surface area contributed by atoms with Crippen LogP contribution in [0.5, 0.6) is 0 Å². The first-order valence-electron chi connectivity index (χ1n) is 12.4. The fraction of sp³-hybridized carbons (Fsp3) is 0.360. The van der Waals surface area contributed by atoms with Crippen LogP contribution >= 0.6 is 0 Å². The van der Waals surface area contributed by atoms with Gasteiger partial charge in [-0.15, -0.1) is 0 Å². The highest BCUT2D eigenvalue weighted by Crippen LogP contribution is 2.33. The van der Waals surface area contributed by atoms with Crippen LogP contribution in [-0.2, 0) is 27.5 Å². The summed E-state index contributed by atoms with van der Waals surface area (Å²) in [7, 11) is -3.89. The molecule has 0 radical (unpaired) electrons. The third kappa shape index (κ3) is 5.65. The number of rotatable bonds is 8. The van der Waals surface area contributed by atoms with E-state index in [2.05, 4.69) is 20.5 Å². The highest BCUT2D eigenvalue weighted by atomic mass is 32.2. The highest BCUT2D eigenvalue weighted by Gasteiger charge is 2.38. The molecule has 40 heavy (non-hydrogen) atoms. The molecule has 0 atom stereocenters. The van der Waals surface area contributed by atoms with Gasteiger partial charge in [0.25, 0.3) is 5.91 Å². The van der Waals surface area contributed by atoms with E-state index in [4.69, 9.17) is 5.11 Å². The molecule has 0 spiro atoms. The Kier molecular flexibility index (Phi) is 7.27. The molecule has 11 nitrogen and oxygen atoms in total. The number of nitrogens with zero attached hydrogens (tertiary/aromatic N) is 4. The Morgan fingerprint density at radius 2 is 1.90 bits per heavy atom. The summed E-state index contributed by atoms with van der Waals surface area (Å²) in [5.41, 5.74) is 1.71. The molecule has 15 heteroatoms. The Balaban J connectivity index is 1.30. The normalized spacial score (nSPS) is 15.6. The molecule has 4 aromatic rings. The first-order chi connectivity index (χ1) is 18.9. The Labute approximate surface area is 226 Å². The van der Waals surface area contributed by atoms with Crippen molar-refractivity contribution in [1.82, 2.24) is 29.4 Å². The van der Waals surface area contributed by atoms with Crippen LogP contribution < -0.4 is 5.32 Å². The summed E-state index contributed by atoms with van der Waals surface area (Å²) in [5, 5.41) is 19.0. The van der Waals surface area contributed by atoms with Gasteiger partial charge < -0.3 is 15.0 Å². The summed E-state index contributed by atoms with van der Waals surface area (Å²) >= 11 is 0. The van der Waals surface area contributed by atoms with Crippen LogP contribution in [0.4, 0.5) is 13.2 Å². The molecule has 2 aromatic heterocycles. The van der Waals surface area contributed by atoms with Crippen molar-refractivity contribution >= 4 is 43.8 Å². The second kappa shape index (κ2) is 10.5. The van der Waals surface area contributed by atoms with Gasteiger partial charge in [0.1, 0.15) is 0 Å². The minimum absolute atomic E-state index is 0.0243. The zero-order valence-electron chi connectivity index (χ0n) is 21.0. The molecular weight excluding hydrogens is 553 g/mol. The van der Waals surface area contributed by atoms with E-state index in [0.717, 1.165) is 8.87 Å². The lowest BCUT2D eigenvalue weighted by atomic mass is 9.98. The predicted molar refractivity (Wildman–Crippen MR) is 138 cm³/mol. The van der Waals surface area contributed by atoms with Crippen molar-refractivity contribution in [2.24, 2.45) is 5.92 Å². The molecule has 2 aromatic carbocycles. The molecule has 3 N–H and O–H groups in total. The summed E-state index contributed by atoms with van der Waals surface area (Å²) in [6.45, 7) is 0.424. The van der Waals surface area contributed by atoms with Crippen molar-refractivity contribution in [1.29, 1.82) is 0 Å². The average molecular weight is 579 g/mol. The zero-order chi connectivity index (χ0) is 28.7. The number of amides is 1. The van der Waals surface area contributed by atoms with Gasteiger partial charge in [0.05, 0.1) is 29.3 Å². The number of imidazole rings is 1. The number of carbonyl (C=O) groups is 2. The van der Waals surface area contributed by atoms with Crippen LogP contribution in [0.1, 0.15) is 34.6 Å². The van der Waals surface area contributed by atoms with Crippen LogP contribution in [0.15, 0.2) is 42.6 Å². The third-order valence-corrected chi connectivity index (χ3v) is 8.76. The van der Waals surface area contributed by atoms with E-state index >= 15 is 0 Å². The highest BCUT2D eigenvalue weighted by molar-refractivity contribution is 7.89. The molecule has 1 aliphatic rings. The van der Waals surface area contributed by atoms with Gasteiger partial charge in [0, 0.05) is 30.6 Å². The lowest BCUT2D eigenvalue weighted by Crippen LogP contribution is -2.43. The van der Waals surface area contributed by atoms with Crippen molar-refractivity contribution in [3.63, 3.8) is 0 Å².